The Labute approximate surface area is 154 Å². The fraction of sp³-hybridized carbons (Fsp3) is 0.421. The Bertz CT molecular complexity index is 740. The molecule has 3 rings (SSSR count). The second-order valence-electron chi connectivity index (χ2n) is 6.17. The highest BCUT2D eigenvalue weighted by Crippen LogP contribution is 2.27. The third kappa shape index (κ3) is 4.62. The van der Waals surface area contributed by atoms with E-state index in [9.17, 15) is 4.79 Å². The van der Waals surface area contributed by atoms with Crippen molar-refractivity contribution in [2.24, 2.45) is 4.99 Å². The molecule has 0 atom stereocenters. The van der Waals surface area contributed by atoms with Gasteiger partial charge < -0.3 is 15.5 Å². The summed E-state index contributed by atoms with van der Waals surface area (Å²) in [6, 6.07) is 9.99. The quantitative estimate of drug-likeness (QED) is 0.448. The lowest BCUT2D eigenvalue weighted by molar-refractivity contribution is -0.117. The Balaban J connectivity index is 1.49. The van der Waals surface area contributed by atoms with Crippen molar-refractivity contribution in [1.82, 2.24) is 20.4 Å². The topological polar surface area (TPSA) is 74.6 Å². The number of guanidine groups is 1. The minimum Gasteiger partial charge on any atom is -0.357 e. The third-order valence-electron chi connectivity index (χ3n) is 4.32. The van der Waals surface area contributed by atoms with Crippen molar-refractivity contribution in [1.29, 1.82) is 0 Å². The van der Waals surface area contributed by atoms with Crippen molar-refractivity contribution < 1.29 is 4.79 Å². The normalized spacial score (nSPS) is 13.6. The Morgan fingerprint density at radius 3 is 2.96 bits per heavy atom. The van der Waals surface area contributed by atoms with Crippen LogP contribution in [-0.4, -0.2) is 47.8 Å². The molecule has 0 aliphatic carbocycles. The number of nitrogens with zero attached hydrogens (tertiary/aromatic N) is 4. The van der Waals surface area contributed by atoms with Gasteiger partial charge in [-0.3, -0.25) is 9.48 Å². The maximum Gasteiger partial charge on any atom is 0.248 e. The van der Waals surface area contributed by atoms with Crippen LogP contribution in [0.3, 0.4) is 0 Å². The first kappa shape index (κ1) is 18.0. The van der Waals surface area contributed by atoms with Crippen LogP contribution < -0.4 is 15.5 Å². The molecule has 26 heavy (non-hydrogen) atoms. The largest absolute Gasteiger partial charge is 0.357 e. The number of aliphatic imine (C=N–C) groups is 1. The van der Waals surface area contributed by atoms with Gasteiger partial charge in [0, 0.05) is 44.3 Å². The smallest absolute Gasteiger partial charge is 0.248 e. The van der Waals surface area contributed by atoms with Gasteiger partial charge in [-0.1, -0.05) is 18.2 Å². The average Bonchev–Trinajstić information content (AvgIpc) is 3.32. The number of aromatic nitrogens is 2. The van der Waals surface area contributed by atoms with Crippen LogP contribution in [0, 0.1) is 0 Å². The number of rotatable bonds is 7. The molecule has 2 N–H and O–H groups in total. The van der Waals surface area contributed by atoms with Crippen molar-refractivity contribution in [3.05, 3.63) is 48.3 Å². The standard InChI is InChI=1S/C19H26N6O/c1-2-20-19(21-10-5-12-24-13-6-11-23-24)22-15-18(26)25-14-9-16-7-3-4-8-17(16)25/h3-4,6-8,11,13H,2,5,9-10,12,14-15H2,1H3,(H2,20,21,22). The van der Waals surface area contributed by atoms with Crippen LogP contribution in [0.5, 0.6) is 0 Å². The minimum absolute atomic E-state index is 0.0312. The van der Waals surface area contributed by atoms with E-state index in [0.717, 1.165) is 44.7 Å². The van der Waals surface area contributed by atoms with Crippen LogP contribution in [0.4, 0.5) is 5.69 Å². The van der Waals surface area contributed by atoms with E-state index in [1.54, 1.807) is 6.20 Å². The van der Waals surface area contributed by atoms with Crippen LogP contribution in [0.1, 0.15) is 18.9 Å². The summed E-state index contributed by atoms with van der Waals surface area (Å²) in [6.45, 7) is 5.27. The van der Waals surface area contributed by atoms with Crippen molar-refractivity contribution in [3.8, 4) is 0 Å². The van der Waals surface area contributed by atoms with Crippen LogP contribution >= 0.6 is 0 Å². The summed E-state index contributed by atoms with van der Waals surface area (Å²) < 4.78 is 1.90. The molecule has 0 fully saturated rings. The molecular formula is C19H26N6O. The highest BCUT2D eigenvalue weighted by Gasteiger charge is 2.23. The zero-order chi connectivity index (χ0) is 18.2. The van der Waals surface area contributed by atoms with Crippen molar-refractivity contribution in [2.45, 2.75) is 26.3 Å². The summed E-state index contributed by atoms with van der Waals surface area (Å²) >= 11 is 0. The number of aryl methyl sites for hydroxylation is 1. The van der Waals surface area contributed by atoms with Gasteiger partial charge in [-0.25, -0.2) is 4.99 Å². The van der Waals surface area contributed by atoms with Crippen LogP contribution in [0.25, 0.3) is 0 Å². The van der Waals surface area contributed by atoms with Gasteiger partial charge in [0.15, 0.2) is 5.96 Å². The predicted octanol–water partition coefficient (Wildman–Crippen LogP) is 1.42. The first-order valence-electron chi connectivity index (χ1n) is 9.16. The maximum atomic E-state index is 12.6. The molecule has 0 saturated carbocycles. The predicted molar refractivity (Wildman–Crippen MR) is 103 cm³/mol. The summed E-state index contributed by atoms with van der Waals surface area (Å²) in [6.07, 6.45) is 5.57. The second kappa shape index (κ2) is 9.03. The Hall–Kier alpha value is -2.83. The molecule has 1 aromatic heterocycles. The summed E-state index contributed by atoms with van der Waals surface area (Å²) in [7, 11) is 0. The number of hydrogen-bond donors (Lipinski definition) is 2. The lowest BCUT2D eigenvalue weighted by atomic mass is 10.2. The van der Waals surface area contributed by atoms with Gasteiger partial charge in [-0.2, -0.15) is 5.10 Å². The molecule has 0 bridgehead atoms. The first-order valence-corrected chi connectivity index (χ1v) is 9.16. The minimum atomic E-state index is 0.0312. The number of para-hydroxylation sites is 1. The Kier molecular flexibility index (Phi) is 6.24. The van der Waals surface area contributed by atoms with Gasteiger partial charge >= 0.3 is 0 Å². The SMILES string of the molecule is CCNC(=NCC(=O)N1CCc2ccccc21)NCCCn1cccn1. The summed E-state index contributed by atoms with van der Waals surface area (Å²) in [5.74, 6) is 0.706. The first-order chi connectivity index (χ1) is 12.8. The monoisotopic (exact) mass is 354 g/mol. The van der Waals surface area contributed by atoms with Crippen LogP contribution in [0.15, 0.2) is 47.7 Å². The molecule has 0 radical (unpaired) electrons. The Morgan fingerprint density at radius 1 is 1.27 bits per heavy atom. The van der Waals surface area contributed by atoms with Gasteiger partial charge in [-0.15, -0.1) is 0 Å². The number of anilines is 1. The number of fused-ring (bicyclic) bond motifs is 1. The average molecular weight is 354 g/mol. The van der Waals surface area contributed by atoms with Gasteiger partial charge in [-0.05, 0) is 37.5 Å². The summed E-state index contributed by atoms with van der Waals surface area (Å²) in [5, 5.41) is 10.6. The van der Waals surface area contributed by atoms with Crippen molar-refractivity contribution in [2.75, 3.05) is 31.1 Å². The van der Waals surface area contributed by atoms with E-state index in [-0.39, 0.29) is 12.5 Å². The molecule has 1 amide bonds. The Morgan fingerprint density at radius 2 is 2.15 bits per heavy atom. The zero-order valence-corrected chi connectivity index (χ0v) is 15.2. The van der Waals surface area contributed by atoms with Crippen molar-refractivity contribution in [3.63, 3.8) is 0 Å². The van der Waals surface area contributed by atoms with E-state index < -0.39 is 0 Å². The number of nitrogens with one attached hydrogen (secondary N) is 2. The number of carbonyl (C=O) groups is 1. The third-order valence-corrected chi connectivity index (χ3v) is 4.32. The summed E-state index contributed by atoms with van der Waals surface area (Å²) in [4.78, 5) is 18.8. The fourth-order valence-corrected chi connectivity index (χ4v) is 3.05. The van der Waals surface area contributed by atoms with E-state index in [2.05, 4.69) is 26.8 Å². The molecule has 1 aliphatic rings. The number of benzene rings is 1. The number of hydrogen-bond acceptors (Lipinski definition) is 3. The molecule has 0 spiro atoms. The molecule has 2 aromatic rings. The van der Waals surface area contributed by atoms with Gasteiger partial charge in [0.25, 0.3) is 0 Å². The highest BCUT2D eigenvalue weighted by atomic mass is 16.2. The molecule has 1 aliphatic heterocycles. The lowest BCUT2D eigenvalue weighted by Crippen LogP contribution is -2.39. The molecule has 0 unspecified atom stereocenters. The van der Waals surface area contributed by atoms with E-state index in [4.69, 9.17) is 0 Å². The molecule has 7 heteroatoms. The second-order valence-corrected chi connectivity index (χ2v) is 6.17. The van der Waals surface area contributed by atoms with E-state index in [0.29, 0.717) is 5.96 Å². The van der Waals surface area contributed by atoms with Gasteiger partial charge in [0.1, 0.15) is 6.54 Å². The lowest BCUT2D eigenvalue weighted by Gasteiger charge is -2.17. The van der Waals surface area contributed by atoms with E-state index >= 15 is 0 Å². The van der Waals surface area contributed by atoms with Gasteiger partial charge in [0.05, 0.1) is 0 Å². The highest BCUT2D eigenvalue weighted by molar-refractivity contribution is 5.98. The molecular weight excluding hydrogens is 328 g/mol. The van der Waals surface area contributed by atoms with E-state index in [1.807, 2.05) is 47.0 Å². The zero-order valence-electron chi connectivity index (χ0n) is 15.2. The molecule has 0 saturated heterocycles. The molecule has 7 nitrogen and oxygen atoms in total. The molecule has 138 valence electrons. The fourth-order valence-electron chi connectivity index (χ4n) is 3.05. The van der Waals surface area contributed by atoms with Crippen molar-refractivity contribution >= 4 is 17.6 Å². The number of carbonyl (C=O) groups excluding carboxylic acids is 1. The maximum absolute atomic E-state index is 12.6. The molecule has 1 aromatic carbocycles. The van der Waals surface area contributed by atoms with Crippen LogP contribution in [-0.2, 0) is 17.8 Å². The van der Waals surface area contributed by atoms with E-state index in [1.165, 1.54) is 5.56 Å². The number of amides is 1. The van der Waals surface area contributed by atoms with Gasteiger partial charge in [0.2, 0.25) is 5.91 Å². The summed E-state index contributed by atoms with van der Waals surface area (Å²) in [5.41, 5.74) is 2.25. The molecule has 2 heterocycles. The van der Waals surface area contributed by atoms with Crippen LogP contribution in [0.2, 0.25) is 0 Å².